The fraction of sp³-hybridized carbons (Fsp3) is 0.812. The molecule has 0 N–H and O–H groups in total. The summed E-state index contributed by atoms with van der Waals surface area (Å²) in [6.45, 7) is 17.3. The second-order valence-electron chi connectivity index (χ2n) is 13.6. The first-order chi connectivity index (χ1) is 16.9. The molecule has 0 aromatic heterocycles. The lowest BCUT2D eigenvalue weighted by atomic mass is 9.46. The SMILES string of the molecule is CC(=O)OC1CCC2(C)C3C(=CC[C@H]2C1)C1CCC([C@H](C)/C=C/[C@H](C)C(C)C)C1(C)CC3OC(C)=O. The van der Waals surface area contributed by atoms with Crippen molar-refractivity contribution >= 4 is 11.9 Å². The van der Waals surface area contributed by atoms with Gasteiger partial charge in [0.1, 0.15) is 12.2 Å². The number of carbonyl (C=O) groups is 2. The van der Waals surface area contributed by atoms with Crippen LogP contribution < -0.4 is 0 Å². The van der Waals surface area contributed by atoms with Crippen LogP contribution in [-0.4, -0.2) is 24.1 Å². The smallest absolute Gasteiger partial charge is 0.302 e. The summed E-state index contributed by atoms with van der Waals surface area (Å²) in [5.41, 5.74) is 1.80. The molecule has 0 spiro atoms. The lowest BCUT2D eigenvalue weighted by Gasteiger charge is -2.59. The van der Waals surface area contributed by atoms with Crippen molar-refractivity contribution in [1.29, 1.82) is 0 Å². The molecule has 36 heavy (non-hydrogen) atoms. The molecule has 7 unspecified atom stereocenters. The first-order valence-corrected chi connectivity index (χ1v) is 14.6. The van der Waals surface area contributed by atoms with Crippen LogP contribution in [0.5, 0.6) is 0 Å². The third-order valence-corrected chi connectivity index (χ3v) is 11.1. The standard InChI is InChI=1S/C32H50O4/c1-19(2)20(3)9-10-21(4)27-13-14-28-26-12-11-24-17-25(35-22(5)33)15-16-31(24,7)30(26)29(36-23(6)34)18-32(27,28)8/h9-10,12,19-21,24-25,27-30H,11,13-18H2,1-8H3/b10-9+/t20-,21+,24-,25?,27?,28?,29?,30?,31?,32?/m0/s1. The molecule has 0 aromatic rings. The zero-order valence-electron chi connectivity index (χ0n) is 24.0. The molecule has 10 atom stereocenters. The summed E-state index contributed by atoms with van der Waals surface area (Å²) < 4.78 is 11.9. The Morgan fingerprint density at radius 3 is 2.31 bits per heavy atom. The summed E-state index contributed by atoms with van der Waals surface area (Å²) >= 11 is 0. The minimum Gasteiger partial charge on any atom is -0.463 e. The van der Waals surface area contributed by atoms with Crippen molar-refractivity contribution in [2.24, 2.45) is 52.3 Å². The number of ether oxygens (including phenoxy) is 2. The Bertz CT molecular complexity index is 902. The highest BCUT2D eigenvalue weighted by Crippen LogP contribution is 2.67. The zero-order valence-corrected chi connectivity index (χ0v) is 24.0. The maximum absolute atomic E-state index is 12.4. The molecule has 0 amide bonds. The van der Waals surface area contributed by atoms with Gasteiger partial charge in [-0.2, -0.15) is 0 Å². The fourth-order valence-corrected chi connectivity index (χ4v) is 8.83. The molecule has 202 valence electrons. The monoisotopic (exact) mass is 498 g/mol. The second kappa shape index (κ2) is 10.3. The Kier molecular flexibility index (Phi) is 7.85. The summed E-state index contributed by atoms with van der Waals surface area (Å²) in [5, 5.41) is 0. The van der Waals surface area contributed by atoms with E-state index >= 15 is 0 Å². The lowest BCUT2D eigenvalue weighted by molar-refractivity contribution is -0.168. The number of hydrogen-bond donors (Lipinski definition) is 0. The third-order valence-electron chi connectivity index (χ3n) is 11.1. The van der Waals surface area contributed by atoms with Crippen molar-refractivity contribution in [3.05, 3.63) is 23.8 Å². The molecule has 4 rings (SSSR count). The van der Waals surface area contributed by atoms with Gasteiger partial charge in [0, 0.05) is 19.8 Å². The van der Waals surface area contributed by atoms with Crippen LogP contribution in [0.4, 0.5) is 0 Å². The van der Waals surface area contributed by atoms with Crippen LogP contribution in [0.25, 0.3) is 0 Å². The highest BCUT2D eigenvalue weighted by atomic mass is 16.5. The molecule has 0 aliphatic heterocycles. The molecule has 4 heteroatoms. The molecule has 4 aliphatic carbocycles. The highest BCUT2D eigenvalue weighted by Gasteiger charge is 2.62. The van der Waals surface area contributed by atoms with Crippen LogP contribution in [-0.2, 0) is 19.1 Å². The summed E-state index contributed by atoms with van der Waals surface area (Å²) in [5.74, 6) is 3.33. The normalized spacial score (nSPS) is 41.6. The second-order valence-corrected chi connectivity index (χ2v) is 13.6. The first kappa shape index (κ1) is 27.5. The van der Waals surface area contributed by atoms with E-state index in [9.17, 15) is 9.59 Å². The zero-order chi connectivity index (χ0) is 26.4. The van der Waals surface area contributed by atoms with Crippen molar-refractivity contribution in [2.45, 2.75) is 113 Å². The van der Waals surface area contributed by atoms with Crippen LogP contribution in [0.15, 0.2) is 23.8 Å². The molecule has 4 nitrogen and oxygen atoms in total. The van der Waals surface area contributed by atoms with Gasteiger partial charge < -0.3 is 9.47 Å². The molecule has 0 heterocycles. The Morgan fingerprint density at radius 2 is 1.67 bits per heavy atom. The molecule has 3 fully saturated rings. The maximum Gasteiger partial charge on any atom is 0.302 e. The first-order valence-electron chi connectivity index (χ1n) is 14.6. The number of fused-ring (bicyclic) bond motifs is 5. The van der Waals surface area contributed by atoms with Gasteiger partial charge in [0.25, 0.3) is 0 Å². The van der Waals surface area contributed by atoms with E-state index in [0.717, 1.165) is 32.1 Å². The maximum atomic E-state index is 12.4. The van der Waals surface area contributed by atoms with E-state index in [2.05, 4.69) is 59.8 Å². The van der Waals surface area contributed by atoms with Crippen molar-refractivity contribution < 1.29 is 19.1 Å². The van der Waals surface area contributed by atoms with Gasteiger partial charge in [0.15, 0.2) is 0 Å². The fourth-order valence-electron chi connectivity index (χ4n) is 8.83. The summed E-state index contributed by atoms with van der Waals surface area (Å²) in [6, 6.07) is 0. The Morgan fingerprint density at radius 1 is 0.972 bits per heavy atom. The lowest BCUT2D eigenvalue weighted by Crippen LogP contribution is -2.56. The molecule has 4 aliphatic rings. The number of hydrogen-bond acceptors (Lipinski definition) is 4. The Labute approximate surface area is 219 Å². The molecule has 0 saturated heterocycles. The third kappa shape index (κ3) is 4.95. The molecule has 0 bridgehead atoms. The van der Waals surface area contributed by atoms with Crippen LogP contribution in [0.2, 0.25) is 0 Å². The van der Waals surface area contributed by atoms with E-state index in [-0.39, 0.29) is 40.9 Å². The van der Waals surface area contributed by atoms with E-state index in [1.807, 2.05) is 0 Å². The molecule has 3 saturated carbocycles. The van der Waals surface area contributed by atoms with Crippen LogP contribution in [0.3, 0.4) is 0 Å². The van der Waals surface area contributed by atoms with E-state index in [4.69, 9.17) is 9.47 Å². The predicted octanol–water partition coefficient (Wildman–Crippen LogP) is 7.52. The summed E-state index contributed by atoms with van der Waals surface area (Å²) in [6.07, 6.45) is 14.7. The predicted molar refractivity (Wildman–Crippen MR) is 144 cm³/mol. The van der Waals surface area contributed by atoms with Crippen LogP contribution in [0.1, 0.15) is 100 Å². The largest absolute Gasteiger partial charge is 0.463 e. The topological polar surface area (TPSA) is 52.6 Å². The Balaban J connectivity index is 1.64. The number of allylic oxidation sites excluding steroid dienone is 3. The van der Waals surface area contributed by atoms with Gasteiger partial charge in [-0.25, -0.2) is 0 Å². The summed E-state index contributed by atoms with van der Waals surface area (Å²) in [7, 11) is 0. The van der Waals surface area contributed by atoms with E-state index in [1.165, 1.54) is 19.8 Å². The van der Waals surface area contributed by atoms with Gasteiger partial charge in [0.2, 0.25) is 0 Å². The van der Waals surface area contributed by atoms with Crippen LogP contribution >= 0.6 is 0 Å². The Hall–Kier alpha value is -1.58. The van der Waals surface area contributed by atoms with Gasteiger partial charge in [-0.05, 0) is 91.3 Å². The van der Waals surface area contributed by atoms with Gasteiger partial charge in [-0.15, -0.1) is 0 Å². The van der Waals surface area contributed by atoms with E-state index in [1.54, 1.807) is 12.5 Å². The van der Waals surface area contributed by atoms with Crippen molar-refractivity contribution in [3.8, 4) is 0 Å². The van der Waals surface area contributed by atoms with Crippen molar-refractivity contribution in [1.82, 2.24) is 0 Å². The minimum absolute atomic E-state index is 0.0216. The van der Waals surface area contributed by atoms with Crippen LogP contribution in [0, 0.1) is 52.3 Å². The van der Waals surface area contributed by atoms with Gasteiger partial charge in [-0.1, -0.05) is 65.3 Å². The van der Waals surface area contributed by atoms with E-state index in [0.29, 0.717) is 35.5 Å². The van der Waals surface area contributed by atoms with Gasteiger partial charge >= 0.3 is 11.9 Å². The number of carbonyl (C=O) groups excluding carboxylic acids is 2. The van der Waals surface area contributed by atoms with Gasteiger partial charge in [0.05, 0.1) is 0 Å². The average Bonchev–Trinajstić information content (AvgIpc) is 3.13. The average molecular weight is 499 g/mol. The minimum atomic E-state index is -0.176. The molecular formula is C32H50O4. The molecular weight excluding hydrogens is 448 g/mol. The molecule has 0 aromatic carbocycles. The van der Waals surface area contributed by atoms with E-state index < -0.39 is 0 Å². The summed E-state index contributed by atoms with van der Waals surface area (Å²) in [4.78, 5) is 24.0. The van der Waals surface area contributed by atoms with Gasteiger partial charge in [-0.3, -0.25) is 9.59 Å². The van der Waals surface area contributed by atoms with Crippen molar-refractivity contribution in [2.75, 3.05) is 0 Å². The number of esters is 2. The van der Waals surface area contributed by atoms with Crippen molar-refractivity contribution in [3.63, 3.8) is 0 Å². The number of rotatable bonds is 6. The highest BCUT2D eigenvalue weighted by molar-refractivity contribution is 5.66. The molecule has 0 radical (unpaired) electrons. The quantitative estimate of drug-likeness (QED) is 0.281.